The highest BCUT2D eigenvalue weighted by Crippen LogP contribution is 2.21. The van der Waals surface area contributed by atoms with E-state index in [1.807, 2.05) is 6.07 Å². The van der Waals surface area contributed by atoms with Crippen LogP contribution in [-0.2, 0) is 17.8 Å². The molecule has 0 amide bonds. The summed E-state index contributed by atoms with van der Waals surface area (Å²) in [5, 5.41) is 9.93. The Balaban J connectivity index is 1.68. The lowest BCUT2D eigenvalue weighted by atomic mass is 10.1. The Morgan fingerprint density at radius 3 is 2.68 bits per heavy atom. The summed E-state index contributed by atoms with van der Waals surface area (Å²) in [5.74, 6) is 0.901. The highest BCUT2D eigenvalue weighted by molar-refractivity contribution is 5.84. The number of aliphatic imine (C=N–C) groups is 1. The maximum atomic E-state index is 9.93. The van der Waals surface area contributed by atoms with Crippen LogP contribution in [0.3, 0.4) is 0 Å². The van der Waals surface area contributed by atoms with Crippen LogP contribution in [0.2, 0.25) is 0 Å². The molecule has 0 aliphatic carbocycles. The molecule has 0 atom stereocenters. The number of ether oxygens (including phenoxy) is 2. The number of phenols is 1. The number of benzene rings is 2. The molecule has 132 valence electrons. The second-order valence-electron chi connectivity index (χ2n) is 6.05. The molecular formula is C20H24N2O3. The largest absolute Gasteiger partial charge is 0.507 e. The highest BCUT2D eigenvalue weighted by atomic mass is 16.5. The van der Waals surface area contributed by atoms with E-state index in [0.717, 1.165) is 32.8 Å². The predicted molar refractivity (Wildman–Crippen MR) is 98.5 cm³/mol. The zero-order valence-electron chi connectivity index (χ0n) is 14.5. The molecule has 1 heterocycles. The topological polar surface area (TPSA) is 54.3 Å². The molecule has 2 aromatic rings. The van der Waals surface area contributed by atoms with Gasteiger partial charge in [0.25, 0.3) is 0 Å². The molecule has 0 bridgehead atoms. The van der Waals surface area contributed by atoms with Crippen LogP contribution in [0.4, 0.5) is 0 Å². The Morgan fingerprint density at radius 1 is 1.16 bits per heavy atom. The van der Waals surface area contributed by atoms with E-state index in [9.17, 15) is 5.11 Å². The Morgan fingerprint density at radius 2 is 1.92 bits per heavy atom. The maximum Gasteiger partial charge on any atom is 0.124 e. The quantitative estimate of drug-likeness (QED) is 0.822. The Labute approximate surface area is 148 Å². The molecule has 25 heavy (non-hydrogen) atoms. The van der Waals surface area contributed by atoms with E-state index >= 15 is 0 Å². The van der Waals surface area contributed by atoms with Crippen LogP contribution in [0.25, 0.3) is 0 Å². The van der Waals surface area contributed by atoms with Crippen molar-refractivity contribution >= 4 is 6.21 Å². The van der Waals surface area contributed by atoms with Crippen LogP contribution in [0, 0.1) is 0 Å². The summed E-state index contributed by atoms with van der Waals surface area (Å²) < 4.78 is 10.6. The smallest absolute Gasteiger partial charge is 0.124 e. The molecule has 1 saturated heterocycles. The van der Waals surface area contributed by atoms with Crippen LogP contribution >= 0.6 is 0 Å². The van der Waals surface area contributed by atoms with Crippen LogP contribution in [0.1, 0.15) is 16.7 Å². The number of hydrogen-bond acceptors (Lipinski definition) is 5. The average molecular weight is 340 g/mol. The summed E-state index contributed by atoms with van der Waals surface area (Å²) in [6.45, 7) is 5.03. The highest BCUT2D eigenvalue weighted by Gasteiger charge is 2.12. The Kier molecular flexibility index (Phi) is 6.04. The number of methoxy groups -OCH3 is 1. The van der Waals surface area contributed by atoms with Crippen molar-refractivity contribution in [1.29, 1.82) is 0 Å². The normalized spacial score (nSPS) is 15.6. The third-order valence-corrected chi connectivity index (χ3v) is 4.34. The van der Waals surface area contributed by atoms with Crippen LogP contribution in [-0.4, -0.2) is 49.6 Å². The van der Waals surface area contributed by atoms with Crippen molar-refractivity contribution in [3.8, 4) is 11.5 Å². The van der Waals surface area contributed by atoms with Crippen molar-refractivity contribution in [3.05, 3.63) is 59.2 Å². The fourth-order valence-corrected chi connectivity index (χ4v) is 2.87. The number of phenolic OH excluding ortho intramolecular Hbond substituents is 1. The molecule has 0 spiro atoms. The van der Waals surface area contributed by atoms with E-state index in [0.29, 0.717) is 17.9 Å². The van der Waals surface area contributed by atoms with Crippen LogP contribution < -0.4 is 4.74 Å². The van der Waals surface area contributed by atoms with Crippen molar-refractivity contribution in [2.24, 2.45) is 4.99 Å². The van der Waals surface area contributed by atoms with E-state index < -0.39 is 0 Å². The molecule has 1 aliphatic heterocycles. The lowest BCUT2D eigenvalue weighted by Crippen LogP contribution is -2.35. The average Bonchev–Trinajstić information content (AvgIpc) is 2.65. The molecule has 0 aromatic heterocycles. The second kappa shape index (κ2) is 8.65. The molecule has 0 unspecified atom stereocenters. The van der Waals surface area contributed by atoms with Gasteiger partial charge in [-0.15, -0.1) is 0 Å². The van der Waals surface area contributed by atoms with Crippen molar-refractivity contribution in [3.63, 3.8) is 0 Å². The molecule has 1 fully saturated rings. The predicted octanol–water partition coefficient (Wildman–Crippen LogP) is 2.85. The number of morpholine rings is 1. The van der Waals surface area contributed by atoms with Gasteiger partial charge in [0.15, 0.2) is 0 Å². The van der Waals surface area contributed by atoms with Gasteiger partial charge >= 0.3 is 0 Å². The molecule has 0 saturated carbocycles. The lowest BCUT2D eigenvalue weighted by molar-refractivity contribution is 0.0341. The van der Waals surface area contributed by atoms with Gasteiger partial charge < -0.3 is 14.6 Å². The minimum atomic E-state index is 0.200. The zero-order chi connectivity index (χ0) is 17.5. The first-order chi connectivity index (χ1) is 12.3. The van der Waals surface area contributed by atoms with Crippen LogP contribution in [0.15, 0.2) is 47.5 Å². The van der Waals surface area contributed by atoms with Gasteiger partial charge in [0.2, 0.25) is 0 Å². The van der Waals surface area contributed by atoms with Gasteiger partial charge in [-0.05, 0) is 29.3 Å². The van der Waals surface area contributed by atoms with Gasteiger partial charge in [-0.3, -0.25) is 9.89 Å². The molecule has 1 aliphatic rings. The fraction of sp³-hybridized carbons (Fsp3) is 0.350. The molecule has 5 heteroatoms. The van der Waals surface area contributed by atoms with Crippen molar-refractivity contribution in [2.75, 3.05) is 33.4 Å². The molecule has 3 rings (SSSR count). The van der Waals surface area contributed by atoms with Crippen LogP contribution in [0.5, 0.6) is 11.5 Å². The standard InChI is InChI=1S/C20H24N2O3/c1-24-19-6-7-20(23)18(12-19)14-21-13-16-4-2-3-5-17(16)15-22-8-10-25-11-9-22/h2-7,12,14,23H,8-11,13,15H2,1H3. The monoisotopic (exact) mass is 340 g/mol. The van der Waals surface area contributed by atoms with E-state index in [4.69, 9.17) is 9.47 Å². The van der Waals surface area contributed by atoms with Crippen molar-refractivity contribution in [2.45, 2.75) is 13.1 Å². The zero-order valence-corrected chi connectivity index (χ0v) is 14.5. The maximum absolute atomic E-state index is 9.93. The van der Waals surface area contributed by atoms with Gasteiger partial charge in [-0.1, -0.05) is 24.3 Å². The molecule has 5 nitrogen and oxygen atoms in total. The first kappa shape index (κ1) is 17.5. The fourth-order valence-electron chi connectivity index (χ4n) is 2.87. The Bertz CT molecular complexity index is 725. The third kappa shape index (κ3) is 4.81. The molecule has 2 aromatic carbocycles. The number of hydrogen-bond donors (Lipinski definition) is 1. The number of nitrogens with zero attached hydrogens (tertiary/aromatic N) is 2. The second-order valence-corrected chi connectivity index (χ2v) is 6.05. The lowest BCUT2D eigenvalue weighted by Gasteiger charge is -2.27. The van der Waals surface area contributed by atoms with Gasteiger partial charge in [0.05, 0.1) is 26.9 Å². The first-order valence-electron chi connectivity index (χ1n) is 8.50. The molecule has 1 N–H and O–H groups in total. The third-order valence-electron chi connectivity index (χ3n) is 4.34. The van der Waals surface area contributed by atoms with Crippen molar-refractivity contribution in [1.82, 2.24) is 4.90 Å². The summed E-state index contributed by atoms with van der Waals surface area (Å²) in [6.07, 6.45) is 1.70. The molecular weight excluding hydrogens is 316 g/mol. The Hall–Kier alpha value is -2.37. The van der Waals surface area contributed by atoms with Gasteiger partial charge in [-0.2, -0.15) is 0 Å². The molecule has 0 radical (unpaired) electrons. The minimum absolute atomic E-state index is 0.200. The summed E-state index contributed by atoms with van der Waals surface area (Å²) in [6, 6.07) is 13.5. The van der Waals surface area contributed by atoms with Gasteiger partial charge in [0.1, 0.15) is 11.5 Å². The SMILES string of the molecule is COc1ccc(O)c(C=NCc2ccccc2CN2CCOCC2)c1. The summed E-state index contributed by atoms with van der Waals surface area (Å²) in [5.41, 5.74) is 3.15. The van der Waals surface area contributed by atoms with Gasteiger partial charge in [-0.25, -0.2) is 0 Å². The van der Waals surface area contributed by atoms with E-state index in [-0.39, 0.29) is 5.75 Å². The van der Waals surface area contributed by atoms with E-state index in [2.05, 4.69) is 28.1 Å². The minimum Gasteiger partial charge on any atom is -0.507 e. The summed E-state index contributed by atoms with van der Waals surface area (Å²) in [7, 11) is 1.61. The first-order valence-corrected chi connectivity index (χ1v) is 8.50. The van der Waals surface area contributed by atoms with E-state index in [1.54, 1.807) is 31.5 Å². The van der Waals surface area contributed by atoms with Gasteiger partial charge in [0, 0.05) is 31.4 Å². The number of aromatic hydroxyl groups is 1. The number of rotatable bonds is 6. The van der Waals surface area contributed by atoms with E-state index in [1.165, 1.54) is 11.1 Å². The van der Waals surface area contributed by atoms with Crippen molar-refractivity contribution < 1.29 is 14.6 Å². The summed E-state index contributed by atoms with van der Waals surface area (Å²) in [4.78, 5) is 6.92. The summed E-state index contributed by atoms with van der Waals surface area (Å²) >= 11 is 0.